The van der Waals surface area contributed by atoms with Gasteiger partial charge < -0.3 is 0 Å². The summed E-state index contributed by atoms with van der Waals surface area (Å²) in [5.41, 5.74) is 1.08. The molecule has 0 bridgehead atoms. The van der Waals surface area contributed by atoms with Crippen molar-refractivity contribution in [1.29, 1.82) is 0 Å². The highest BCUT2D eigenvalue weighted by Gasteiger charge is 2.31. The van der Waals surface area contributed by atoms with Gasteiger partial charge in [-0.1, -0.05) is 30.3 Å². The lowest BCUT2D eigenvalue weighted by Gasteiger charge is -2.09. The number of hydrogen-bond acceptors (Lipinski definition) is 3. The second-order valence-electron chi connectivity index (χ2n) is 3.04. The summed E-state index contributed by atoms with van der Waals surface area (Å²) in [7, 11) is 1.29. The number of benzene rings is 1. The third-order valence-corrected chi connectivity index (χ3v) is 2.15. The average molecular weight is 203 g/mol. The van der Waals surface area contributed by atoms with E-state index in [1.165, 1.54) is 13.2 Å². The minimum atomic E-state index is -0.443. The summed E-state index contributed by atoms with van der Waals surface area (Å²) in [6.45, 7) is 0. The SMILES string of the molecule is CON1C(=O)C=C(c2ccccc2)C1=O. The third-order valence-electron chi connectivity index (χ3n) is 2.15. The Morgan fingerprint density at radius 2 is 1.80 bits per heavy atom. The van der Waals surface area contributed by atoms with Crippen LogP contribution in [0, 0.1) is 0 Å². The molecule has 1 aliphatic rings. The Hall–Kier alpha value is -1.94. The topological polar surface area (TPSA) is 46.6 Å². The van der Waals surface area contributed by atoms with Gasteiger partial charge in [-0.05, 0) is 5.56 Å². The average Bonchev–Trinajstić information content (AvgIpc) is 2.55. The van der Waals surface area contributed by atoms with Crippen LogP contribution < -0.4 is 0 Å². The zero-order chi connectivity index (χ0) is 10.8. The second-order valence-corrected chi connectivity index (χ2v) is 3.04. The van der Waals surface area contributed by atoms with Crippen molar-refractivity contribution >= 4 is 17.4 Å². The summed E-state index contributed by atoms with van der Waals surface area (Å²) in [5.74, 6) is -0.866. The van der Waals surface area contributed by atoms with Gasteiger partial charge in [-0.15, -0.1) is 5.06 Å². The van der Waals surface area contributed by atoms with Gasteiger partial charge in [-0.2, -0.15) is 0 Å². The fourth-order valence-corrected chi connectivity index (χ4v) is 1.45. The first-order chi connectivity index (χ1) is 7.24. The van der Waals surface area contributed by atoms with Crippen LogP contribution in [0.3, 0.4) is 0 Å². The third kappa shape index (κ3) is 1.55. The van der Waals surface area contributed by atoms with Gasteiger partial charge in [0.05, 0.1) is 12.7 Å². The molecular weight excluding hydrogens is 194 g/mol. The molecule has 1 heterocycles. The Labute approximate surface area is 86.7 Å². The predicted octanol–water partition coefficient (Wildman–Crippen LogP) is 1.00. The highest BCUT2D eigenvalue weighted by molar-refractivity contribution is 6.32. The van der Waals surface area contributed by atoms with Crippen molar-refractivity contribution < 1.29 is 14.4 Å². The van der Waals surface area contributed by atoms with E-state index in [1.807, 2.05) is 18.2 Å². The van der Waals surface area contributed by atoms with Gasteiger partial charge in [-0.3, -0.25) is 14.4 Å². The van der Waals surface area contributed by atoms with Crippen LogP contribution in [0.4, 0.5) is 0 Å². The summed E-state index contributed by atoms with van der Waals surface area (Å²) in [5, 5.41) is 0.738. The van der Waals surface area contributed by atoms with Gasteiger partial charge in [0, 0.05) is 6.08 Å². The van der Waals surface area contributed by atoms with Crippen molar-refractivity contribution in [3.63, 3.8) is 0 Å². The Balaban J connectivity index is 2.38. The summed E-state index contributed by atoms with van der Waals surface area (Å²) < 4.78 is 0. The van der Waals surface area contributed by atoms with Crippen LogP contribution in [-0.4, -0.2) is 24.0 Å². The number of carbonyl (C=O) groups is 2. The first-order valence-corrected chi connectivity index (χ1v) is 4.43. The van der Waals surface area contributed by atoms with Crippen LogP contribution >= 0.6 is 0 Å². The van der Waals surface area contributed by atoms with Crippen molar-refractivity contribution in [2.45, 2.75) is 0 Å². The quantitative estimate of drug-likeness (QED) is 0.673. The fourth-order valence-electron chi connectivity index (χ4n) is 1.45. The molecule has 4 nitrogen and oxygen atoms in total. The molecule has 76 valence electrons. The Morgan fingerprint density at radius 1 is 1.13 bits per heavy atom. The number of hydroxylamine groups is 2. The van der Waals surface area contributed by atoms with Gasteiger partial charge in [0.15, 0.2) is 0 Å². The molecule has 0 fully saturated rings. The lowest BCUT2D eigenvalue weighted by molar-refractivity contribution is -0.176. The van der Waals surface area contributed by atoms with Crippen molar-refractivity contribution in [2.24, 2.45) is 0 Å². The minimum Gasteiger partial charge on any atom is -0.267 e. The number of imide groups is 1. The lowest BCUT2D eigenvalue weighted by Crippen LogP contribution is -2.29. The van der Waals surface area contributed by atoms with Crippen LogP contribution in [0.15, 0.2) is 36.4 Å². The maximum Gasteiger partial charge on any atom is 0.285 e. The lowest BCUT2D eigenvalue weighted by atomic mass is 10.1. The molecule has 0 radical (unpaired) electrons. The second kappa shape index (κ2) is 3.67. The van der Waals surface area contributed by atoms with Crippen molar-refractivity contribution in [2.75, 3.05) is 7.11 Å². The molecule has 4 heteroatoms. The molecular formula is C11H9NO3. The number of nitrogens with zero attached hydrogens (tertiary/aromatic N) is 1. The van der Waals surface area contributed by atoms with E-state index < -0.39 is 11.8 Å². The number of amides is 2. The van der Waals surface area contributed by atoms with Crippen LogP contribution in [0.25, 0.3) is 5.57 Å². The maximum absolute atomic E-state index is 11.7. The van der Waals surface area contributed by atoms with Crippen molar-refractivity contribution in [3.8, 4) is 0 Å². The van der Waals surface area contributed by atoms with E-state index in [-0.39, 0.29) is 0 Å². The zero-order valence-electron chi connectivity index (χ0n) is 8.14. The largest absolute Gasteiger partial charge is 0.285 e. The van der Waals surface area contributed by atoms with Gasteiger partial charge in [0.1, 0.15) is 0 Å². The van der Waals surface area contributed by atoms with E-state index in [0.29, 0.717) is 5.57 Å². The highest BCUT2D eigenvalue weighted by atomic mass is 16.7. The van der Waals surface area contributed by atoms with Gasteiger partial charge in [0.25, 0.3) is 11.8 Å². The molecule has 0 saturated heterocycles. The maximum atomic E-state index is 11.7. The minimum absolute atomic E-state index is 0.363. The van der Waals surface area contributed by atoms with Crippen LogP contribution in [0.2, 0.25) is 0 Å². The monoisotopic (exact) mass is 203 g/mol. The molecule has 2 rings (SSSR count). The number of carbonyl (C=O) groups excluding carboxylic acids is 2. The summed E-state index contributed by atoms with van der Waals surface area (Å²) in [6, 6.07) is 9.01. The summed E-state index contributed by atoms with van der Waals surface area (Å²) in [4.78, 5) is 27.6. The normalized spacial score (nSPS) is 15.8. The first-order valence-electron chi connectivity index (χ1n) is 4.43. The Kier molecular flexibility index (Phi) is 2.35. The summed E-state index contributed by atoms with van der Waals surface area (Å²) >= 11 is 0. The van der Waals surface area contributed by atoms with Crippen LogP contribution in [0.5, 0.6) is 0 Å². The van der Waals surface area contributed by atoms with E-state index >= 15 is 0 Å². The Bertz CT molecular complexity index is 436. The first kappa shape index (κ1) is 9.61. The van der Waals surface area contributed by atoms with E-state index in [4.69, 9.17) is 0 Å². The molecule has 0 unspecified atom stereocenters. The highest BCUT2D eigenvalue weighted by Crippen LogP contribution is 2.22. The molecule has 2 amide bonds. The van der Waals surface area contributed by atoms with Crippen LogP contribution in [-0.2, 0) is 14.4 Å². The van der Waals surface area contributed by atoms with Gasteiger partial charge in [-0.25, -0.2) is 0 Å². The zero-order valence-corrected chi connectivity index (χ0v) is 8.14. The molecule has 0 N–H and O–H groups in total. The molecule has 0 atom stereocenters. The number of hydrogen-bond donors (Lipinski definition) is 0. The van der Waals surface area contributed by atoms with E-state index in [2.05, 4.69) is 4.84 Å². The molecule has 1 aromatic carbocycles. The summed E-state index contributed by atoms with van der Waals surface area (Å²) in [6.07, 6.45) is 1.28. The fraction of sp³-hybridized carbons (Fsp3) is 0.0909. The predicted molar refractivity (Wildman–Crippen MR) is 53.3 cm³/mol. The number of rotatable bonds is 2. The van der Waals surface area contributed by atoms with E-state index in [9.17, 15) is 9.59 Å². The molecule has 15 heavy (non-hydrogen) atoms. The molecule has 0 aromatic heterocycles. The van der Waals surface area contributed by atoms with E-state index in [0.717, 1.165) is 10.6 Å². The molecule has 0 spiro atoms. The standard InChI is InChI=1S/C11H9NO3/c1-15-12-10(13)7-9(11(12)14)8-5-3-2-4-6-8/h2-7H,1H3. The smallest absolute Gasteiger partial charge is 0.267 e. The van der Waals surface area contributed by atoms with Gasteiger partial charge in [0.2, 0.25) is 0 Å². The van der Waals surface area contributed by atoms with Gasteiger partial charge >= 0.3 is 0 Å². The molecule has 1 aromatic rings. The van der Waals surface area contributed by atoms with E-state index in [1.54, 1.807) is 12.1 Å². The Morgan fingerprint density at radius 3 is 2.33 bits per heavy atom. The molecule has 1 aliphatic heterocycles. The molecule has 0 aliphatic carbocycles. The molecule has 0 saturated carbocycles. The van der Waals surface area contributed by atoms with Crippen LogP contribution in [0.1, 0.15) is 5.56 Å². The van der Waals surface area contributed by atoms with Crippen molar-refractivity contribution in [1.82, 2.24) is 5.06 Å². The van der Waals surface area contributed by atoms with Crippen molar-refractivity contribution in [3.05, 3.63) is 42.0 Å².